The molecule has 1 aromatic carbocycles. The second-order valence-corrected chi connectivity index (χ2v) is 10.4. The first-order valence-electron chi connectivity index (χ1n) is 11.5. The van der Waals surface area contributed by atoms with Gasteiger partial charge in [-0.15, -0.1) is 0 Å². The fourth-order valence-electron chi connectivity index (χ4n) is 4.71. The number of benzene rings is 1. The van der Waals surface area contributed by atoms with Crippen LogP contribution in [0.25, 0.3) is 27.8 Å². The zero-order valence-corrected chi connectivity index (χ0v) is 20.1. The molecule has 1 N–H and O–H groups in total. The molecule has 0 atom stereocenters. The molecule has 1 aliphatic rings. The molecule has 4 heterocycles. The van der Waals surface area contributed by atoms with E-state index in [9.17, 15) is 4.79 Å². The molecule has 1 fully saturated rings. The fourth-order valence-corrected chi connectivity index (χ4v) is 4.71. The monoisotopic (exact) mass is 445 g/mol. The van der Waals surface area contributed by atoms with E-state index in [1.807, 2.05) is 31.5 Å². The van der Waals surface area contributed by atoms with Crippen molar-refractivity contribution in [3.63, 3.8) is 0 Å². The summed E-state index contributed by atoms with van der Waals surface area (Å²) in [7, 11) is 0. The van der Waals surface area contributed by atoms with Gasteiger partial charge in [0.15, 0.2) is 5.65 Å². The van der Waals surface area contributed by atoms with E-state index in [4.69, 9.17) is 4.74 Å². The number of nitrogens with zero attached hydrogens (tertiary/aromatic N) is 4. The van der Waals surface area contributed by atoms with Crippen molar-refractivity contribution in [2.75, 3.05) is 13.1 Å². The van der Waals surface area contributed by atoms with Gasteiger partial charge in [-0.3, -0.25) is 0 Å². The number of ether oxygens (including phenoxy) is 1. The summed E-state index contributed by atoms with van der Waals surface area (Å²) < 4.78 is 7.34. The normalized spacial score (nSPS) is 14.9. The Morgan fingerprint density at radius 3 is 2.67 bits per heavy atom. The van der Waals surface area contributed by atoms with Gasteiger partial charge in [-0.1, -0.05) is 19.9 Å². The van der Waals surface area contributed by atoms with Gasteiger partial charge in [0.2, 0.25) is 0 Å². The highest BCUT2D eigenvalue weighted by Crippen LogP contribution is 2.38. The van der Waals surface area contributed by atoms with Crippen LogP contribution in [-0.4, -0.2) is 49.3 Å². The molecule has 4 aromatic rings. The molecule has 3 aromatic heterocycles. The van der Waals surface area contributed by atoms with E-state index in [0.29, 0.717) is 24.9 Å². The number of aryl methyl sites for hydroxylation is 1. The highest BCUT2D eigenvalue weighted by molar-refractivity contribution is 5.92. The van der Waals surface area contributed by atoms with E-state index in [1.165, 1.54) is 16.5 Å². The number of aromatic amines is 1. The third-order valence-electron chi connectivity index (χ3n) is 6.29. The summed E-state index contributed by atoms with van der Waals surface area (Å²) in [4.78, 5) is 22.1. The Kier molecular flexibility index (Phi) is 4.96. The molecule has 172 valence electrons. The van der Waals surface area contributed by atoms with Crippen LogP contribution >= 0.6 is 0 Å². The lowest BCUT2D eigenvalue weighted by molar-refractivity contribution is 0.00820. The van der Waals surface area contributed by atoms with Crippen LogP contribution in [0.1, 0.15) is 63.1 Å². The molecule has 5 rings (SSSR count). The van der Waals surface area contributed by atoms with Gasteiger partial charge in [-0.25, -0.2) is 14.3 Å². The molecule has 0 bridgehead atoms. The van der Waals surface area contributed by atoms with Crippen molar-refractivity contribution >= 4 is 22.6 Å². The largest absolute Gasteiger partial charge is 0.444 e. The predicted octanol–water partition coefficient (Wildman–Crippen LogP) is 5.64. The van der Waals surface area contributed by atoms with Gasteiger partial charge in [0.1, 0.15) is 11.9 Å². The summed E-state index contributed by atoms with van der Waals surface area (Å²) in [5.41, 5.74) is 7.42. The zero-order valence-electron chi connectivity index (χ0n) is 20.1. The van der Waals surface area contributed by atoms with Crippen molar-refractivity contribution < 1.29 is 9.53 Å². The summed E-state index contributed by atoms with van der Waals surface area (Å²) in [5.74, 6) is 0.671. The van der Waals surface area contributed by atoms with Gasteiger partial charge in [0, 0.05) is 41.7 Å². The average Bonchev–Trinajstić information content (AvgIpc) is 3.29. The van der Waals surface area contributed by atoms with Crippen molar-refractivity contribution in [3.8, 4) is 11.3 Å². The second-order valence-electron chi connectivity index (χ2n) is 10.4. The number of H-pyrrole nitrogens is 1. The molecule has 1 amide bonds. The highest BCUT2D eigenvalue weighted by atomic mass is 16.6. The van der Waals surface area contributed by atoms with Gasteiger partial charge in [0.05, 0.1) is 5.69 Å². The van der Waals surface area contributed by atoms with Crippen molar-refractivity contribution in [2.24, 2.45) is 0 Å². The van der Waals surface area contributed by atoms with Crippen molar-refractivity contribution in [1.82, 2.24) is 24.5 Å². The van der Waals surface area contributed by atoms with Gasteiger partial charge in [-0.2, -0.15) is 5.10 Å². The minimum absolute atomic E-state index is 0.231. The maximum atomic E-state index is 12.3. The number of rotatable bonds is 3. The molecule has 0 spiro atoms. The summed E-state index contributed by atoms with van der Waals surface area (Å²) in [6, 6.07) is 8.81. The minimum atomic E-state index is -0.470. The van der Waals surface area contributed by atoms with E-state index in [0.717, 1.165) is 28.0 Å². The Hall–Kier alpha value is -3.35. The number of hydrogen-bond donors (Lipinski definition) is 1. The first-order valence-corrected chi connectivity index (χ1v) is 11.5. The first kappa shape index (κ1) is 21.5. The van der Waals surface area contributed by atoms with Crippen LogP contribution in [0.3, 0.4) is 0 Å². The lowest BCUT2D eigenvalue weighted by Gasteiger charge is -2.40. The molecule has 1 aliphatic heterocycles. The maximum absolute atomic E-state index is 12.3. The van der Waals surface area contributed by atoms with Gasteiger partial charge in [-0.05, 0) is 68.5 Å². The average molecular weight is 446 g/mol. The number of aromatic nitrogens is 4. The van der Waals surface area contributed by atoms with Crippen LogP contribution < -0.4 is 0 Å². The topological polar surface area (TPSA) is 75.5 Å². The van der Waals surface area contributed by atoms with E-state index < -0.39 is 5.60 Å². The van der Waals surface area contributed by atoms with Gasteiger partial charge in [0.25, 0.3) is 0 Å². The molecular formula is C26H31N5O2. The smallest absolute Gasteiger partial charge is 0.410 e. The molecule has 0 aliphatic carbocycles. The first-order chi connectivity index (χ1) is 15.6. The van der Waals surface area contributed by atoms with Crippen LogP contribution in [0, 0.1) is 6.92 Å². The molecule has 1 saturated heterocycles. The number of pyridine rings is 1. The summed E-state index contributed by atoms with van der Waals surface area (Å²) in [6.07, 6.45) is 3.40. The van der Waals surface area contributed by atoms with Crippen molar-refractivity contribution in [3.05, 3.63) is 53.5 Å². The molecular weight excluding hydrogens is 414 g/mol. The second kappa shape index (κ2) is 7.61. The molecule has 7 nitrogen and oxygen atoms in total. The van der Waals surface area contributed by atoms with E-state index >= 15 is 0 Å². The number of carbonyl (C=O) groups is 1. The predicted molar refractivity (Wildman–Crippen MR) is 130 cm³/mol. The lowest BCUT2D eigenvalue weighted by Crippen LogP contribution is -2.50. The standard InChI is InChI=1S/C26H31N5O2/c1-15(2)22-20-10-17(19-11-30(12-19)25(32)33-26(4,5)6)7-8-21(20)29-23(22)18-9-16(3)24-27-14-28-31(24)13-18/h7-10,13-15,19,29H,11-12H2,1-6H3. The van der Waals surface area contributed by atoms with Crippen LogP contribution in [0.15, 0.2) is 36.8 Å². The lowest BCUT2D eigenvalue weighted by atomic mass is 9.89. The van der Waals surface area contributed by atoms with Crippen molar-refractivity contribution in [1.29, 1.82) is 0 Å². The molecule has 0 unspecified atom stereocenters. The molecule has 33 heavy (non-hydrogen) atoms. The van der Waals surface area contributed by atoms with E-state index in [2.05, 4.69) is 60.1 Å². The summed E-state index contributed by atoms with van der Waals surface area (Å²) >= 11 is 0. The third-order valence-corrected chi connectivity index (χ3v) is 6.29. The van der Waals surface area contributed by atoms with E-state index in [-0.39, 0.29) is 6.09 Å². The zero-order chi connectivity index (χ0) is 23.5. The number of amides is 1. The quantitative estimate of drug-likeness (QED) is 0.443. The van der Waals surface area contributed by atoms with E-state index in [1.54, 1.807) is 11.2 Å². The molecule has 0 radical (unpaired) electrons. The Morgan fingerprint density at radius 2 is 1.97 bits per heavy atom. The van der Waals surface area contributed by atoms with Crippen molar-refractivity contribution in [2.45, 2.75) is 59.0 Å². The van der Waals surface area contributed by atoms with Crippen LogP contribution in [0.2, 0.25) is 0 Å². The minimum Gasteiger partial charge on any atom is -0.444 e. The van der Waals surface area contributed by atoms with Gasteiger partial charge < -0.3 is 14.6 Å². The molecule has 7 heteroatoms. The molecule has 0 saturated carbocycles. The number of likely N-dealkylation sites (tertiary alicyclic amines) is 1. The number of fused-ring (bicyclic) bond motifs is 2. The van der Waals surface area contributed by atoms with Crippen LogP contribution in [-0.2, 0) is 4.74 Å². The third kappa shape index (κ3) is 3.86. The Bertz CT molecular complexity index is 1350. The number of hydrogen-bond acceptors (Lipinski definition) is 4. The van der Waals surface area contributed by atoms with Crippen LogP contribution in [0.5, 0.6) is 0 Å². The highest BCUT2D eigenvalue weighted by Gasteiger charge is 2.34. The Morgan fingerprint density at radius 1 is 1.21 bits per heavy atom. The van der Waals surface area contributed by atoms with Crippen LogP contribution in [0.4, 0.5) is 4.79 Å². The van der Waals surface area contributed by atoms with Gasteiger partial charge >= 0.3 is 6.09 Å². The fraction of sp³-hybridized carbons (Fsp3) is 0.423. The SMILES string of the molecule is Cc1cc(-c2[nH]c3ccc(C4CN(C(=O)OC(C)(C)C)C4)cc3c2C(C)C)cn2ncnc12. The number of nitrogens with one attached hydrogen (secondary N) is 1. The summed E-state index contributed by atoms with van der Waals surface area (Å²) in [5, 5.41) is 5.58. The summed E-state index contributed by atoms with van der Waals surface area (Å²) in [6.45, 7) is 13.6. The number of carbonyl (C=O) groups excluding carboxylic acids is 1. The Labute approximate surface area is 193 Å². The maximum Gasteiger partial charge on any atom is 0.410 e. The Balaban J connectivity index is 1.48.